The first kappa shape index (κ1) is 27.4. The van der Waals surface area contributed by atoms with Crippen molar-refractivity contribution in [3.05, 3.63) is 94.0 Å². The summed E-state index contributed by atoms with van der Waals surface area (Å²) in [5.74, 6) is -0.837. The molecule has 0 aromatic heterocycles. The molecule has 0 aliphatic carbocycles. The fourth-order valence-corrected chi connectivity index (χ4v) is 5.40. The summed E-state index contributed by atoms with van der Waals surface area (Å²) in [4.78, 5) is 27.7. The standard InChI is InChI=1S/C27H30BrN3O4S/c1-19-10-15-24(16-20(19)2)31(36(34,35)25-8-6-5-7-9-25)18-26(32)30(21(3)27(33)29-4)17-22-11-13-23(28)14-12-22/h5-16,21H,17-18H2,1-4H3,(H,29,33). The van der Waals surface area contributed by atoms with Crippen LogP contribution in [0, 0.1) is 13.8 Å². The lowest BCUT2D eigenvalue weighted by atomic mass is 10.1. The predicted molar refractivity (Wildman–Crippen MR) is 145 cm³/mol. The number of hydrogen-bond acceptors (Lipinski definition) is 4. The number of benzene rings is 3. The Morgan fingerprint density at radius 1 is 0.944 bits per heavy atom. The van der Waals surface area contributed by atoms with E-state index in [-0.39, 0.29) is 17.3 Å². The second-order valence-electron chi connectivity index (χ2n) is 8.53. The highest BCUT2D eigenvalue weighted by atomic mass is 79.9. The second kappa shape index (κ2) is 11.7. The predicted octanol–water partition coefficient (Wildman–Crippen LogP) is 4.42. The lowest BCUT2D eigenvalue weighted by Crippen LogP contribution is -2.50. The summed E-state index contributed by atoms with van der Waals surface area (Å²) < 4.78 is 29.4. The van der Waals surface area contributed by atoms with Crippen LogP contribution in [0.4, 0.5) is 5.69 Å². The number of aryl methyl sites for hydroxylation is 2. The van der Waals surface area contributed by atoms with E-state index >= 15 is 0 Å². The topological polar surface area (TPSA) is 86.8 Å². The minimum atomic E-state index is -4.06. The third kappa shape index (κ3) is 6.33. The first-order chi connectivity index (χ1) is 17.0. The van der Waals surface area contributed by atoms with E-state index in [4.69, 9.17) is 0 Å². The van der Waals surface area contributed by atoms with Crippen LogP contribution >= 0.6 is 15.9 Å². The van der Waals surface area contributed by atoms with Gasteiger partial charge in [-0.25, -0.2) is 8.42 Å². The zero-order valence-corrected chi connectivity index (χ0v) is 23.1. The molecule has 0 radical (unpaired) electrons. The molecule has 1 unspecified atom stereocenters. The molecule has 0 saturated heterocycles. The van der Waals surface area contributed by atoms with Crippen LogP contribution in [0.1, 0.15) is 23.6 Å². The van der Waals surface area contributed by atoms with Gasteiger partial charge in [-0.15, -0.1) is 0 Å². The Bertz CT molecular complexity index is 1330. The van der Waals surface area contributed by atoms with Crippen molar-refractivity contribution in [1.29, 1.82) is 0 Å². The molecule has 0 fully saturated rings. The van der Waals surface area contributed by atoms with Crippen LogP contribution in [0.15, 0.2) is 82.2 Å². The fraction of sp³-hybridized carbons (Fsp3) is 0.259. The number of carbonyl (C=O) groups is 2. The van der Waals surface area contributed by atoms with Crippen LogP contribution in [0.2, 0.25) is 0 Å². The average Bonchev–Trinajstić information content (AvgIpc) is 2.88. The van der Waals surface area contributed by atoms with Gasteiger partial charge < -0.3 is 10.2 Å². The van der Waals surface area contributed by atoms with Gasteiger partial charge in [-0.2, -0.15) is 0 Å². The van der Waals surface area contributed by atoms with Crippen LogP contribution in [-0.4, -0.2) is 44.8 Å². The highest BCUT2D eigenvalue weighted by molar-refractivity contribution is 9.10. The molecular weight excluding hydrogens is 542 g/mol. The van der Waals surface area contributed by atoms with Crippen LogP contribution in [0.25, 0.3) is 0 Å². The Balaban J connectivity index is 2.04. The van der Waals surface area contributed by atoms with E-state index in [2.05, 4.69) is 21.2 Å². The molecule has 3 rings (SSSR count). The number of sulfonamides is 1. The highest BCUT2D eigenvalue weighted by Crippen LogP contribution is 2.26. The van der Waals surface area contributed by atoms with Gasteiger partial charge in [0.25, 0.3) is 10.0 Å². The molecule has 1 atom stereocenters. The number of rotatable bonds is 9. The Morgan fingerprint density at radius 3 is 2.17 bits per heavy atom. The Labute approximate surface area is 221 Å². The van der Waals surface area contributed by atoms with Crippen molar-refractivity contribution >= 4 is 43.5 Å². The maximum absolute atomic E-state index is 13.7. The average molecular weight is 573 g/mol. The van der Waals surface area contributed by atoms with E-state index in [1.54, 1.807) is 37.3 Å². The molecule has 190 valence electrons. The molecule has 0 aliphatic heterocycles. The van der Waals surface area contributed by atoms with Gasteiger partial charge in [-0.05, 0) is 73.9 Å². The van der Waals surface area contributed by atoms with Gasteiger partial charge in [0.2, 0.25) is 11.8 Å². The molecule has 7 nitrogen and oxygen atoms in total. The number of anilines is 1. The van der Waals surface area contributed by atoms with E-state index < -0.39 is 28.5 Å². The number of amides is 2. The van der Waals surface area contributed by atoms with Gasteiger partial charge in [-0.3, -0.25) is 13.9 Å². The van der Waals surface area contributed by atoms with Gasteiger partial charge in [0.15, 0.2) is 0 Å². The number of hydrogen-bond donors (Lipinski definition) is 1. The SMILES string of the molecule is CNC(=O)C(C)N(Cc1ccc(Br)cc1)C(=O)CN(c1ccc(C)c(C)c1)S(=O)(=O)c1ccccc1. The highest BCUT2D eigenvalue weighted by Gasteiger charge is 2.32. The minimum Gasteiger partial charge on any atom is -0.357 e. The number of nitrogens with one attached hydrogen (secondary N) is 1. The zero-order chi connectivity index (χ0) is 26.5. The van der Waals surface area contributed by atoms with Gasteiger partial charge in [0.05, 0.1) is 10.6 Å². The molecule has 36 heavy (non-hydrogen) atoms. The van der Waals surface area contributed by atoms with E-state index in [1.807, 2.05) is 44.2 Å². The number of nitrogens with zero attached hydrogens (tertiary/aromatic N) is 2. The third-order valence-electron chi connectivity index (χ3n) is 6.07. The van der Waals surface area contributed by atoms with Crippen molar-refractivity contribution in [2.24, 2.45) is 0 Å². The minimum absolute atomic E-state index is 0.0786. The molecule has 0 aliphatic rings. The summed E-state index contributed by atoms with van der Waals surface area (Å²) in [6.45, 7) is 5.14. The Hall–Kier alpha value is -3.17. The third-order valence-corrected chi connectivity index (χ3v) is 8.39. The molecule has 0 heterocycles. The van der Waals surface area contributed by atoms with E-state index in [0.29, 0.717) is 5.69 Å². The Morgan fingerprint density at radius 2 is 1.58 bits per heavy atom. The lowest BCUT2D eigenvalue weighted by molar-refractivity contribution is -0.139. The van der Waals surface area contributed by atoms with E-state index in [1.165, 1.54) is 24.1 Å². The van der Waals surface area contributed by atoms with Crippen LogP contribution in [-0.2, 0) is 26.2 Å². The quantitative estimate of drug-likeness (QED) is 0.411. The number of halogens is 1. The monoisotopic (exact) mass is 571 g/mol. The zero-order valence-electron chi connectivity index (χ0n) is 20.7. The number of carbonyl (C=O) groups excluding carboxylic acids is 2. The molecule has 1 N–H and O–H groups in total. The molecule has 9 heteroatoms. The maximum atomic E-state index is 13.7. The molecule has 3 aromatic rings. The normalized spacial score (nSPS) is 12.0. The molecule has 0 spiro atoms. The molecule has 0 saturated carbocycles. The van der Waals surface area contributed by atoms with Crippen molar-refractivity contribution in [2.45, 2.75) is 38.3 Å². The van der Waals surface area contributed by atoms with Crippen molar-refractivity contribution in [3.63, 3.8) is 0 Å². The summed E-state index contributed by atoms with van der Waals surface area (Å²) >= 11 is 3.40. The largest absolute Gasteiger partial charge is 0.357 e. The van der Waals surface area contributed by atoms with Crippen molar-refractivity contribution in [1.82, 2.24) is 10.2 Å². The maximum Gasteiger partial charge on any atom is 0.264 e. The first-order valence-electron chi connectivity index (χ1n) is 11.4. The number of likely N-dealkylation sites (N-methyl/N-ethyl adjacent to an activating group) is 1. The van der Waals surface area contributed by atoms with Gasteiger partial charge in [0, 0.05) is 18.1 Å². The second-order valence-corrected chi connectivity index (χ2v) is 11.3. The molecule has 0 bridgehead atoms. The van der Waals surface area contributed by atoms with Crippen molar-refractivity contribution in [2.75, 3.05) is 17.9 Å². The summed E-state index contributed by atoms with van der Waals surface area (Å²) in [5.41, 5.74) is 3.10. The molecular formula is C27H30BrN3O4S. The smallest absolute Gasteiger partial charge is 0.264 e. The summed E-state index contributed by atoms with van der Waals surface area (Å²) in [7, 11) is -2.56. The first-order valence-corrected chi connectivity index (χ1v) is 13.7. The fourth-order valence-electron chi connectivity index (χ4n) is 3.71. The summed E-state index contributed by atoms with van der Waals surface area (Å²) in [6, 6.07) is 19.9. The van der Waals surface area contributed by atoms with E-state index in [9.17, 15) is 18.0 Å². The van der Waals surface area contributed by atoms with E-state index in [0.717, 1.165) is 25.5 Å². The summed E-state index contributed by atoms with van der Waals surface area (Å²) in [6.07, 6.45) is 0. The van der Waals surface area contributed by atoms with Crippen LogP contribution in [0.5, 0.6) is 0 Å². The van der Waals surface area contributed by atoms with Crippen molar-refractivity contribution in [3.8, 4) is 0 Å². The van der Waals surface area contributed by atoms with Gasteiger partial charge >= 0.3 is 0 Å². The van der Waals surface area contributed by atoms with Crippen LogP contribution in [0.3, 0.4) is 0 Å². The van der Waals surface area contributed by atoms with Crippen molar-refractivity contribution < 1.29 is 18.0 Å². The Kier molecular flexibility index (Phi) is 8.92. The van der Waals surface area contributed by atoms with Crippen LogP contribution < -0.4 is 9.62 Å². The van der Waals surface area contributed by atoms with Gasteiger partial charge in [-0.1, -0.05) is 52.3 Å². The molecule has 3 aromatic carbocycles. The lowest BCUT2D eigenvalue weighted by Gasteiger charge is -2.32. The summed E-state index contributed by atoms with van der Waals surface area (Å²) in [5, 5.41) is 2.58. The molecule has 2 amide bonds. The van der Waals surface area contributed by atoms with Gasteiger partial charge in [0.1, 0.15) is 12.6 Å².